The van der Waals surface area contributed by atoms with Crippen LogP contribution in [0.5, 0.6) is 0 Å². The summed E-state index contributed by atoms with van der Waals surface area (Å²) in [7, 11) is 0. The topological polar surface area (TPSA) is 67.2 Å². The average Bonchev–Trinajstić information content (AvgIpc) is 3.26. The normalized spacial score (nSPS) is 19.1. The molecule has 0 aliphatic carbocycles. The Morgan fingerprint density at radius 1 is 1.24 bits per heavy atom. The van der Waals surface area contributed by atoms with E-state index in [1.807, 2.05) is 46.3 Å². The minimum atomic E-state index is -0.136. The molecule has 2 aromatic heterocycles. The lowest BCUT2D eigenvalue weighted by atomic mass is 9.83. The molecular formula is C23H21ClN4O2S3. The molecule has 33 heavy (non-hydrogen) atoms. The zero-order valence-corrected chi connectivity index (χ0v) is 20.8. The highest BCUT2D eigenvalue weighted by Crippen LogP contribution is 2.36. The minimum absolute atomic E-state index is 0.0741. The number of thiocarbonyl (C=S) groups is 1. The summed E-state index contributed by atoms with van der Waals surface area (Å²) in [5.74, 6) is 0.777. The molecule has 10 heteroatoms. The molecule has 0 saturated carbocycles. The molecule has 6 nitrogen and oxygen atoms in total. The van der Waals surface area contributed by atoms with Gasteiger partial charge in [0, 0.05) is 53.3 Å². The van der Waals surface area contributed by atoms with Crippen LogP contribution in [-0.4, -0.2) is 43.5 Å². The Hall–Kier alpha value is -2.20. The van der Waals surface area contributed by atoms with Crippen LogP contribution in [0.4, 0.5) is 5.13 Å². The first-order valence-electron chi connectivity index (χ1n) is 10.6. The van der Waals surface area contributed by atoms with Crippen LogP contribution in [0.15, 0.2) is 52.6 Å². The van der Waals surface area contributed by atoms with Crippen molar-refractivity contribution in [3.63, 3.8) is 0 Å². The lowest BCUT2D eigenvalue weighted by Crippen LogP contribution is -2.48. The summed E-state index contributed by atoms with van der Waals surface area (Å²) >= 11 is 14.5. The van der Waals surface area contributed by atoms with E-state index >= 15 is 0 Å². The van der Waals surface area contributed by atoms with Crippen LogP contribution in [0.3, 0.4) is 0 Å². The Morgan fingerprint density at radius 3 is 2.94 bits per heavy atom. The van der Waals surface area contributed by atoms with Crippen molar-refractivity contribution in [1.29, 1.82) is 0 Å². The number of fused-ring (bicyclic) bond motifs is 4. The molecule has 0 radical (unpaired) electrons. The van der Waals surface area contributed by atoms with Crippen LogP contribution in [-0.2, 0) is 11.3 Å². The van der Waals surface area contributed by atoms with Crippen molar-refractivity contribution < 1.29 is 4.79 Å². The lowest BCUT2D eigenvalue weighted by molar-refractivity contribution is -0.113. The van der Waals surface area contributed by atoms with Gasteiger partial charge < -0.3 is 14.8 Å². The van der Waals surface area contributed by atoms with Crippen LogP contribution in [0.2, 0.25) is 5.02 Å². The van der Waals surface area contributed by atoms with Gasteiger partial charge in [0.2, 0.25) is 5.91 Å². The number of halogens is 1. The molecular weight excluding hydrogens is 496 g/mol. The molecule has 1 fully saturated rings. The Kier molecular flexibility index (Phi) is 6.56. The first kappa shape index (κ1) is 22.6. The van der Waals surface area contributed by atoms with Gasteiger partial charge in [0.25, 0.3) is 5.56 Å². The number of carbonyl (C=O) groups is 1. The van der Waals surface area contributed by atoms with Crippen molar-refractivity contribution in [1.82, 2.24) is 14.5 Å². The summed E-state index contributed by atoms with van der Waals surface area (Å²) in [4.78, 5) is 31.4. The maximum Gasteiger partial charge on any atom is 0.250 e. The molecule has 1 N–H and O–H groups in total. The maximum atomic E-state index is 12.5. The van der Waals surface area contributed by atoms with Gasteiger partial charge in [-0.05, 0) is 30.5 Å². The van der Waals surface area contributed by atoms with Crippen molar-refractivity contribution >= 4 is 62.3 Å². The summed E-state index contributed by atoms with van der Waals surface area (Å²) < 4.78 is 2.64. The fraction of sp³-hybridized carbons (Fsp3) is 0.304. The van der Waals surface area contributed by atoms with Gasteiger partial charge in [0.05, 0.1) is 11.4 Å². The summed E-state index contributed by atoms with van der Waals surface area (Å²) in [6, 6.07) is 13.0. The van der Waals surface area contributed by atoms with Crippen molar-refractivity contribution in [3.05, 3.63) is 68.9 Å². The predicted molar refractivity (Wildman–Crippen MR) is 139 cm³/mol. The third-order valence-electron chi connectivity index (χ3n) is 5.94. The average molecular weight is 517 g/mol. The number of benzene rings is 1. The number of pyridine rings is 1. The number of carbonyl (C=O) groups excluding carboxylic acids is 1. The molecule has 2 atom stereocenters. The second-order valence-corrected chi connectivity index (χ2v) is 11.2. The van der Waals surface area contributed by atoms with Crippen molar-refractivity contribution in [2.45, 2.75) is 18.9 Å². The molecule has 5 rings (SSSR count). The van der Waals surface area contributed by atoms with Crippen molar-refractivity contribution in [2.24, 2.45) is 5.92 Å². The molecule has 2 bridgehead atoms. The summed E-state index contributed by atoms with van der Waals surface area (Å²) in [5.41, 5.74) is 2.85. The molecule has 2 aliphatic rings. The first-order valence-corrected chi connectivity index (χ1v) is 13.2. The number of aromatic nitrogens is 2. The largest absolute Gasteiger partial charge is 0.356 e. The number of anilines is 1. The van der Waals surface area contributed by atoms with Crippen LogP contribution < -0.4 is 10.9 Å². The van der Waals surface area contributed by atoms with Crippen LogP contribution >= 0.6 is 46.9 Å². The van der Waals surface area contributed by atoms with E-state index < -0.39 is 0 Å². The maximum absolute atomic E-state index is 12.5. The van der Waals surface area contributed by atoms with E-state index in [1.54, 1.807) is 6.07 Å². The molecule has 1 amide bonds. The van der Waals surface area contributed by atoms with Gasteiger partial charge in [-0.1, -0.05) is 53.8 Å². The van der Waals surface area contributed by atoms with E-state index in [1.165, 1.54) is 23.1 Å². The number of amides is 1. The second-order valence-electron chi connectivity index (χ2n) is 8.25. The molecule has 0 spiro atoms. The van der Waals surface area contributed by atoms with Gasteiger partial charge >= 0.3 is 0 Å². The number of rotatable bonds is 4. The van der Waals surface area contributed by atoms with E-state index in [2.05, 4.69) is 15.2 Å². The fourth-order valence-corrected chi connectivity index (χ4v) is 6.44. The van der Waals surface area contributed by atoms with E-state index in [0.717, 1.165) is 47.3 Å². The second kappa shape index (κ2) is 9.58. The van der Waals surface area contributed by atoms with Gasteiger partial charge in [0.1, 0.15) is 4.32 Å². The molecule has 2 aliphatic heterocycles. The van der Waals surface area contributed by atoms with Crippen molar-refractivity contribution in [3.8, 4) is 11.3 Å². The summed E-state index contributed by atoms with van der Waals surface area (Å²) in [5, 5.41) is 5.96. The molecule has 1 saturated heterocycles. The highest BCUT2D eigenvalue weighted by molar-refractivity contribution is 8.23. The van der Waals surface area contributed by atoms with E-state index in [-0.39, 0.29) is 17.2 Å². The van der Waals surface area contributed by atoms with Crippen LogP contribution in [0.25, 0.3) is 11.3 Å². The van der Waals surface area contributed by atoms with Gasteiger partial charge in [0.15, 0.2) is 5.13 Å². The number of piperidine rings is 1. The van der Waals surface area contributed by atoms with Crippen LogP contribution in [0.1, 0.15) is 18.0 Å². The molecule has 170 valence electrons. The van der Waals surface area contributed by atoms with E-state index in [4.69, 9.17) is 23.8 Å². The molecule has 2 unspecified atom stereocenters. The van der Waals surface area contributed by atoms with Gasteiger partial charge in [-0.25, -0.2) is 4.98 Å². The number of nitrogens with one attached hydrogen (secondary N) is 1. The number of hydrogen-bond donors (Lipinski definition) is 1. The smallest absolute Gasteiger partial charge is 0.250 e. The Morgan fingerprint density at radius 2 is 2.09 bits per heavy atom. The molecule has 3 aromatic rings. The minimum Gasteiger partial charge on any atom is -0.356 e. The molecule has 1 aromatic carbocycles. The fourth-order valence-electron chi connectivity index (χ4n) is 4.53. The SMILES string of the molecule is O=C(CSC(=S)N1CC2CC(C1)c1cccc(=O)n1C2)Nc1nc(-c2cccc(Cl)c2)cs1. The number of nitrogens with zero attached hydrogens (tertiary/aromatic N) is 3. The Bertz CT molecular complexity index is 1270. The third kappa shape index (κ3) is 5.01. The first-order chi connectivity index (χ1) is 16.0. The zero-order valence-electron chi connectivity index (χ0n) is 17.6. The lowest BCUT2D eigenvalue weighted by Gasteiger charge is -2.43. The summed E-state index contributed by atoms with van der Waals surface area (Å²) in [6.45, 7) is 2.33. The number of likely N-dealkylation sites (tertiary alicyclic amines) is 1. The number of hydrogen-bond acceptors (Lipinski definition) is 6. The zero-order chi connectivity index (χ0) is 22.9. The quantitative estimate of drug-likeness (QED) is 0.507. The third-order valence-corrected chi connectivity index (χ3v) is 8.45. The van der Waals surface area contributed by atoms with E-state index in [0.29, 0.717) is 22.0 Å². The van der Waals surface area contributed by atoms with Gasteiger partial charge in [-0.2, -0.15) is 0 Å². The van der Waals surface area contributed by atoms with Crippen LogP contribution in [0, 0.1) is 5.92 Å². The van der Waals surface area contributed by atoms with Crippen molar-refractivity contribution in [2.75, 3.05) is 24.2 Å². The van der Waals surface area contributed by atoms with Gasteiger partial charge in [-0.3, -0.25) is 9.59 Å². The number of thioether (sulfide) groups is 1. The number of thiazole rings is 1. The highest BCUT2D eigenvalue weighted by Gasteiger charge is 2.35. The van der Waals surface area contributed by atoms with Gasteiger partial charge in [-0.15, -0.1) is 11.3 Å². The highest BCUT2D eigenvalue weighted by atomic mass is 35.5. The standard InChI is InChI=1S/C23H21ClN4O2S3/c24-17-4-1-3-15(8-17)18-12-32-22(25-18)26-20(29)13-33-23(31)27-9-14-7-16(11-27)19-5-2-6-21(30)28(19)10-14/h1-6,8,12,14,16H,7,9-11,13H2,(H,25,26,29). The predicted octanol–water partition coefficient (Wildman–Crippen LogP) is 4.70. The monoisotopic (exact) mass is 516 g/mol. The Balaban J connectivity index is 1.16. The molecule has 4 heterocycles. The van der Waals surface area contributed by atoms with E-state index in [9.17, 15) is 9.59 Å². The Labute approximate surface area is 210 Å². The summed E-state index contributed by atoms with van der Waals surface area (Å²) in [6.07, 6.45) is 1.08.